The van der Waals surface area contributed by atoms with E-state index in [0.717, 1.165) is 17.0 Å². The second-order valence-corrected chi connectivity index (χ2v) is 8.61. The maximum atomic E-state index is 13.2. The molecule has 0 aliphatic heterocycles. The number of thiophene rings is 1. The molecule has 8 heteroatoms. The normalized spacial score (nSPS) is 10.9. The highest BCUT2D eigenvalue weighted by atomic mass is 32.2. The lowest BCUT2D eigenvalue weighted by Crippen LogP contribution is -2.22. The number of carbonyl (C=O) groups excluding carboxylic acids is 1. The van der Waals surface area contributed by atoms with E-state index in [-0.39, 0.29) is 17.2 Å². The molecule has 0 saturated carbocycles. The van der Waals surface area contributed by atoms with Gasteiger partial charge in [-0.15, -0.1) is 11.3 Å². The van der Waals surface area contributed by atoms with E-state index in [1.807, 2.05) is 61.7 Å². The van der Waals surface area contributed by atoms with Gasteiger partial charge in [-0.25, -0.2) is 4.98 Å². The van der Waals surface area contributed by atoms with E-state index >= 15 is 0 Å². The molecule has 0 atom stereocenters. The van der Waals surface area contributed by atoms with Crippen LogP contribution >= 0.6 is 23.1 Å². The fourth-order valence-corrected chi connectivity index (χ4v) is 4.71. The predicted molar refractivity (Wildman–Crippen MR) is 127 cm³/mol. The predicted octanol–water partition coefficient (Wildman–Crippen LogP) is 4.89. The topological polar surface area (TPSA) is 73.2 Å². The molecule has 0 aliphatic rings. The minimum Gasteiger partial charge on any atom is -0.494 e. The third-order valence-electron chi connectivity index (χ3n) is 4.59. The highest BCUT2D eigenvalue weighted by molar-refractivity contribution is 7.99. The summed E-state index contributed by atoms with van der Waals surface area (Å²) in [6.07, 6.45) is 0. The number of hydrogen-bond donors (Lipinski definition) is 1. The van der Waals surface area contributed by atoms with Crippen LogP contribution in [0.1, 0.15) is 12.5 Å². The molecule has 2 heterocycles. The molecule has 0 saturated heterocycles. The van der Waals surface area contributed by atoms with Crippen LogP contribution in [0.15, 0.2) is 69.9 Å². The molecule has 31 heavy (non-hydrogen) atoms. The van der Waals surface area contributed by atoms with Gasteiger partial charge in [-0.1, -0.05) is 30.0 Å². The molecule has 0 bridgehead atoms. The van der Waals surface area contributed by atoms with Gasteiger partial charge in [0.2, 0.25) is 5.91 Å². The summed E-state index contributed by atoms with van der Waals surface area (Å²) in [6, 6.07) is 16.7. The molecule has 0 spiro atoms. The van der Waals surface area contributed by atoms with Gasteiger partial charge < -0.3 is 10.1 Å². The number of para-hydroxylation sites is 1. The van der Waals surface area contributed by atoms with Crippen molar-refractivity contribution in [1.82, 2.24) is 9.55 Å². The van der Waals surface area contributed by atoms with Gasteiger partial charge in [0, 0.05) is 5.69 Å². The number of amides is 1. The molecule has 0 fully saturated rings. The number of benzene rings is 2. The summed E-state index contributed by atoms with van der Waals surface area (Å²) < 4.78 is 7.62. The standard InChI is InChI=1S/C23H21N3O3S2/c1-3-29-17-10-8-16(9-11-17)24-20(27)14-31-23-25-18-12-13-30-21(18)22(28)26(23)19-7-5-4-6-15(19)2/h4-13H,3,14H2,1-2H3,(H,24,27). The van der Waals surface area contributed by atoms with E-state index in [2.05, 4.69) is 10.3 Å². The first-order chi connectivity index (χ1) is 15.1. The second kappa shape index (κ2) is 9.36. The van der Waals surface area contributed by atoms with Crippen LogP contribution in [0.4, 0.5) is 5.69 Å². The van der Waals surface area contributed by atoms with Crippen molar-refractivity contribution in [2.75, 3.05) is 17.7 Å². The van der Waals surface area contributed by atoms with Crippen LogP contribution in [0.2, 0.25) is 0 Å². The SMILES string of the molecule is CCOc1ccc(NC(=O)CSc2nc3ccsc3c(=O)n2-c2ccccc2C)cc1. The number of nitrogens with one attached hydrogen (secondary N) is 1. The van der Waals surface area contributed by atoms with Crippen molar-refractivity contribution in [3.63, 3.8) is 0 Å². The van der Waals surface area contributed by atoms with Crippen molar-refractivity contribution in [1.29, 1.82) is 0 Å². The first-order valence-electron chi connectivity index (χ1n) is 9.78. The number of hydrogen-bond acceptors (Lipinski definition) is 6. The zero-order valence-electron chi connectivity index (χ0n) is 17.1. The van der Waals surface area contributed by atoms with Gasteiger partial charge in [0.25, 0.3) is 5.56 Å². The summed E-state index contributed by atoms with van der Waals surface area (Å²) in [5.74, 6) is 0.705. The van der Waals surface area contributed by atoms with Crippen LogP contribution in [-0.2, 0) is 4.79 Å². The van der Waals surface area contributed by atoms with Crippen molar-refractivity contribution in [2.45, 2.75) is 19.0 Å². The summed E-state index contributed by atoms with van der Waals surface area (Å²) >= 11 is 2.61. The Balaban J connectivity index is 1.58. The number of anilines is 1. The van der Waals surface area contributed by atoms with Crippen molar-refractivity contribution < 1.29 is 9.53 Å². The highest BCUT2D eigenvalue weighted by Crippen LogP contribution is 2.25. The van der Waals surface area contributed by atoms with Gasteiger partial charge in [0.05, 0.1) is 23.6 Å². The van der Waals surface area contributed by atoms with Crippen LogP contribution in [0.5, 0.6) is 5.75 Å². The summed E-state index contributed by atoms with van der Waals surface area (Å²) in [4.78, 5) is 30.4. The number of aryl methyl sites for hydroxylation is 1. The maximum absolute atomic E-state index is 13.2. The van der Waals surface area contributed by atoms with E-state index < -0.39 is 0 Å². The van der Waals surface area contributed by atoms with E-state index in [1.165, 1.54) is 23.1 Å². The fraction of sp³-hybridized carbons (Fsp3) is 0.174. The molecule has 0 aliphatic carbocycles. The van der Waals surface area contributed by atoms with Gasteiger partial charge in [-0.3, -0.25) is 14.2 Å². The Morgan fingerprint density at radius 3 is 2.68 bits per heavy atom. The zero-order chi connectivity index (χ0) is 21.8. The van der Waals surface area contributed by atoms with Gasteiger partial charge in [0.15, 0.2) is 5.16 Å². The Morgan fingerprint density at radius 1 is 1.16 bits per heavy atom. The molecule has 1 N–H and O–H groups in total. The molecule has 0 unspecified atom stereocenters. The molecule has 2 aromatic carbocycles. The lowest BCUT2D eigenvalue weighted by Gasteiger charge is -2.14. The molecule has 4 aromatic rings. The molecule has 2 aromatic heterocycles. The average Bonchev–Trinajstić information content (AvgIpc) is 3.24. The van der Waals surface area contributed by atoms with Crippen molar-refractivity contribution >= 4 is 44.9 Å². The molecular formula is C23H21N3O3S2. The van der Waals surface area contributed by atoms with E-state index in [4.69, 9.17) is 4.74 Å². The molecule has 158 valence electrons. The average molecular weight is 452 g/mol. The Labute approximate surface area is 187 Å². The monoisotopic (exact) mass is 451 g/mol. The van der Waals surface area contributed by atoms with Gasteiger partial charge in [-0.2, -0.15) is 0 Å². The van der Waals surface area contributed by atoms with Crippen LogP contribution in [0.3, 0.4) is 0 Å². The fourth-order valence-electron chi connectivity index (χ4n) is 3.14. The lowest BCUT2D eigenvalue weighted by molar-refractivity contribution is -0.113. The number of carbonyl (C=O) groups is 1. The third kappa shape index (κ3) is 4.65. The zero-order valence-corrected chi connectivity index (χ0v) is 18.8. The summed E-state index contributed by atoms with van der Waals surface area (Å²) in [6.45, 7) is 4.46. The van der Waals surface area contributed by atoms with Crippen LogP contribution < -0.4 is 15.6 Å². The number of ether oxygens (including phenoxy) is 1. The summed E-state index contributed by atoms with van der Waals surface area (Å²) in [7, 11) is 0. The van der Waals surface area contributed by atoms with Crippen LogP contribution in [-0.4, -0.2) is 27.8 Å². The van der Waals surface area contributed by atoms with Gasteiger partial charge in [0.1, 0.15) is 10.4 Å². The number of rotatable bonds is 7. The summed E-state index contributed by atoms with van der Waals surface area (Å²) in [5.41, 5.74) is 2.94. The largest absolute Gasteiger partial charge is 0.494 e. The molecule has 1 amide bonds. The second-order valence-electron chi connectivity index (χ2n) is 6.75. The Bertz CT molecular complexity index is 1280. The quantitative estimate of drug-likeness (QED) is 0.320. The smallest absolute Gasteiger partial charge is 0.276 e. The highest BCUT2D eigenvalue weighted by Gasteiger charge is 2.16. The van der Waals surface area contributed by atoms with Crippen LogP contribution in [0, 0.1) is 6.92 Å². The van der Waals surface area contributed by atoms with Gasteiger partial charge >= 0.3 is 0 Å². The van der Waals surface area contributed by atoms with Gasteiger partial charge in [-0.05, 0) is 61.2 Å². The Hall–Kier alpha value is -3.10. The molecular weight excluding hydrogens is 430 g/mol. The molecule has 4 rings (SSSR count). The van der Waals surface area contributed by atoms with E-state index in [1.54, 1.807) is 16.7 Å². The van der Waals surface area contributed by atoms with Crippen molar-refractivity contribution in [3.8, 4) is 11.4 Å². The Morgan fingerprint density at radius 2 is 1.94 bits per heavy atom. The Kier molecular flexibility index (Phi) is 6.39. The first-order valence-corrected chi connectivity index (χ1v) is 11.6. The third-order valence-corrected chi connectivity index (χ3v) is 6.42. The minimum atomic E-state index is -0.176. The van der Waals surface area contributed by atoms with Crippen LogP contribution in [0.25, 0.3) is 15.9 Å². The van der Waals surface area contributed by atoms with Crippen molar-refractivity contribution in [2.24, 2.45) is 0 Å². The number of nitrogens with zero attached hydrogens (tertiary/aromatic N) is 2. The molecule has 0 radical (unpaired) electrons. The number of fused-ring (bicyclic) bond motifs is 1. The van der Waals surface area contributed by atoms with Crippen molar-refractivity contribution in [3.05, 3.63) is 75.9 Å². The number of thioether (sulfide) groups is 1. The first kappa shape index (κ1) is 21.1. The van der Waals surface area contributed by atoms with E-state index in [9.17, 15) is 9.59 Å². The molecule has 6 nitrogen and oxygen atoms in total. The lowest BCUT2D eigenvalue weighted by atomic mass is 10.2. The summed E-state index contributed by atoms with van der Waals surface area (Å²) in [5, 5.41) is 5.22. The van der Waals surface area contributed by atoms with E-state index in [0.29, 0.717) is 27.7 Å². The maximum Gasteiger partial charge on any atom is 0.276 e. The number of aromatic nitrogens is 2. The minimum absolute atomic E-state index is 0.122.